The van der Waals surface area contributed by atoms with Crippen LogP contribution < -0.4 is 0 Å². The number of rotatable bonds is 4. The van der Waals surface area contributed by atoms with Crippen LogP contribution in [0, 0.1) is 17.9 Å². The smallest absolute Gasteiger partial charge is 0.189 e. The Kier molecular flexibility index (Phi) is 6.22. The van der Waals surface area contributed by atoms with Crippen LogP contribution in [-0.2, 0) is 0 Å². The normalized spacial score (nSPS) is 11.3. The summed E-state index contributed by atoms with van der Waals surface area (Å²) in [5.74, 6) is 0. The van der Waals surface area contributed by atoms with Crippen LogP contribution in [-0.4, -0.2) is 9.13 Å². The van der Waals surface area contributed by atoms with Crippen molar-refractivity contribution in [1.29, 1.82) is 5.26 Å². The van der Waals surface area contributed by atoms with Gasteiger partial charge in [0.25, 0.3) is 0 Å². The second-order valence-electron chi connectivity index (χ2n) is 12.0. The van der Waals surface area contributed by atoms with E-state index in [2.05, 4.69) is 147 Å². The van der Waals surface area contributed by atoms with Crippen LogP contribution in [0.3, 0.4) is 0 Å². The van der Waals surface area contributed by atoms with E-state index in [1.807, 2.05) is 24.3 Å². The lowest BCUT2D eigenvalue weighted by molar-refractivity contribution is 1.18. The lowest BCUT2D eigenvalue weighted by Gasteiger charge is -2.14. The number of nitrogens with zero attached hydrogens (tertiary/aromatic N) is 4. The molecule has 2 heterocycles. The molecule has 4 nitrogen and oxygen atoms in total. The summed E-state index contributed by atoms with van der Waals surface area (Å²) < 4.78 is 4.63. The maximum Gasteiger partial charge on any atom is 0.189 e. The molecular formula is C44H26N4. The second kappa shape index (κ2) is 10.9. The summed E-state index contributed by atoms with van der Waals surface area (Å²) in [5, 5.41) is 14.6. The zero-order chi connectivity index (χ0) is 32.2. The van der Waals surface area contributed by atoms with Crippen LogP contribution in [0.15, 0.2) is 158 Å². The third-order valence-electron chi connectivity index (χ3n) is 9.29. The lowest BCUT2D eigenvalue weighted by Crippen LogP contribution is -1.96. The summed E-state index contributed by atoms with van der Waals surface area (Å²) in [6.45, 7) is 7.79. The van der Waals surface area contributed by atoms with Crippen molar-refractivity contribution in [3.8, 4) is 39.7 Å². The van der Waals surface area contributed by atoms with Crippen molar-refractivity contribution in [2.24, 2.45) is 0 Å². The van der Waals surface area contributed by atoms with E-state index in [1.54, 1.807) is 6.07 Å². The van der Waals surface area contributed by atoms with Crippen LogP contribution in [0.1, 0.15) is 5.56 Å². The maximum absolute atomic E-state index is 9.93. The first-order chi connectivity index (χ1) is 23.7. The molecule has 0 fully saturated rings. The molecule has 0 amide bonds. The molecule has 0 saturated heterocycles. The SMILES string of the molecule is [C-]#[N+]c1cc(C#N)cc(-c2cc(-c3ccc4c(c3)c3ccccc3n4-c3ccccc3)cc3c4ccccc4n(-c4ccccc4)c23)c1. The Morgan fingerprint density at radius 3 is 1.75 bits per heavy atom. The molecule has 0 spiro atoms. The zero-order valence-electron chi connectivity index (χ0n) is 25.8. The Morgan fingerprint density at radius 1 is 0.479 bits per heavy atom. The van der Waals surface area contributed by atoms with Gasteiger partial charge in [-0.1, -0.05) is 78.9 Å². The summed E-state index contributed by atoms with van der Waals surface area (Å²) in [7, 11) is 0. The van der Waals surface area contributed by atoms with E-state index < -0.39 is 0 Å². The summed E-state index contributed by atoms with van der Waals surface area (Å²) >= 11 is 0. The monoisotopic (exact) mass is 610 g/mol. The second-order valence-corrected chi connectivity index (χ2v) is 12.0. The van der Waals surface area contributed by atoms with Crippen LogP contribution in [0.25, 0.3) is 82.1 Å². The molecule has 4 heteroatoms. The molecule has 9 rings (SSSR count). The highest BCUT2D eigenvalue weighted by molar-refractivity contribution is 6.16. The molecular weight excluding hydrogens is 585 g/mol. The Bertz CT molecular complexity index is 2760. The average Bonchev–Trinajstić information content (AvgIpc) is 3.67. The zero-order valence-corrected chi connectivity index (χ0v) is 25.8. The van der Waals surface area contributed by atoms with E-state index >= 15 is 0 Å². The van der Waals surface area contributed by atoms with Gasteiger partial charge in [-0.15, -0.1) is 0 Å². The van der Waals surface area contributed by atoms with Crippen molar-refractivity contribution in [3.63, 3.8) is 0 Å². The summed E-state index contributed by atoms with van der Waals surface area (Å²) in [6, 6.07) is 56.9. The van der Waals surface area contributed by atoms with Gasteiger partial charge in [-0.05, 0) is 95.6 Å². The average molecular weight is 611 g/mol. The van der Waals surface area contributed by atoms with Gasteiger partial charge in [-0.25, -0.2) is 4.85 Å². The molecule has 7 aromatic carbocycles. The van der Waals surface area contributed by atoms with Gasteiger partial charge in [-0.2, -0.15) is 5.26 Å². The molecule has 48 heavy (non-hydrogen) atoms. The minimum atomic E-state index is 0.445. The van der Waals surface area contributed by atoms with Crippen molar-refractivity contribution >= 4 is 49.3 Å². The topological polar surface area (TPSA) is 38.0 Å². The third kappa shape index (κ3) is 4.22. The van der Waals surface area contributed by atoms with E-state index in [1.165, 1.54) is 10.8 Å². The van der Waals surface area contributed by atoms with Crippen molar-refractivity contribution in [2.45, 2.75) is 0 Å². The van der Waals surface area contributed by atoms with Gasteiger partial charge in [-0.3, -0.25) is 0 Å². The molecule has 0 aliphatic carbocycles. The van der Waals surface area contributed by atoms with E-state index in [0.29, 0.717) is 11.3 Å². The molecule has 0 aliphatic heterocycles. The standard InChI is InChI=1S/C44H26N4/c1-46-33-23-29(28-45)22-32(24-33)38-26-31(27-40-37-17-9-11-19-42(37)48(44(38)40)35-14-6-3-7-15-35)30-20-21-43-39(25-30)36-16-8-10-18-41(36)47(43)34-12-4-2-5-13-34/h2-27H. The molecule has 0 bridgehead atoms. The number of aromatic nitrogens is 2. The molecule has 0 N–H and O–H groups in total. The molecule has 2 aromatic heterocycles. The van der Waals surface area contributed by atoms with Crippen molar-refractivity contribution in [1.82, 2.24) is 9.13 Å². The predicted molar refractivity (Wildman–Crippen MR) is 197 cm³/mol. The fraction of sp³-hybridized carbons (Fsp3) is 0. The summed E-state index contributed by atoms with van der Waals surface area (Å²) in [6.07, 6.45) is 0. The largest absolute Gasteiger partial charge is 0.309 e. The van der Waals surface area contributed by atoms with Crippen LogP contribution >= 0.6 is 0 Å². The summed E-state index contributed by atoms with van der Waals surface area (Å²) in [5.41, 5.74) is 11.5. The highest BCUT2D eigenvalue weighted by Gasteiger charge is 2.20. The number of fused-ring (bicyclic) bond motifs is 6. The fourth-order valence-electron chi connectivity index (χ4n) is 7.23. The highest BCUT2D eigenvalue weighted by Crippen LogP contribution is 2.43. The van der Waals surface area contributed by atoms with Gasteiger partial charge in [0.2, 0.25) is 0 Å². The molecule has 0 aliphatic rings. The predicted octanol–water partition coefficient (Wildman–Crippen LogP) is 11.6. The van der Waals surface area contributed by atoms with Gasteiger partial charge < -0.3 is 9.13 Å². The van der Waals surface area contributed by atoms with E-state index in [0.717, 1.165) is 66.5 Å². The van der Waals surface area contributed by atoms with Crippen molar-refractivity contribution in [2.75, 3.05) is 0 Å². The van der Waals surface area contributed by atoms with Gasteiger partial charge in [0.1, 0.15) is 0 Å². The van der Waals surface area contributed by atoms with Gasteiger partial charge in [0, 0.05) is 44.0 Å². The molecule has 0 radical (unpaired) electrons. The molecule has 0 unspecified atom stereocenters. The van der Waals surface area contributed by atoms with Gasteiger partial charge in [0.05, 0.1) is 34.7 Å². The first-order valence-electron chi connectivity index (χ1n) is 15.9. The van der Waals surface area contributed by atoms with Gasteiger partial charge in [0.15, 0.2) is 5.69 Å². The first-order valence-corrected chi connectivity index (χ1v) is 15.9. The maximum atomic E-state index is 9.93. The Labute approximate surface area is 277 Å². The van der Waals surface area contributed by atoms with Crippen LogP contribution in [0.4, 0.5) is 5.69 Å². The quantitative estimate of drug-likeness (QED) is 0.183. The van der Waals surface area contributed by atoms with Crippen molar-refractivity contribution in [3.05, 3.63) is 175 Å². The number of nitriles is 1. The summed E-state index contributed by atoms with van der Waals surface area (Å²) in [4.78, 5) is 3.73. The lowest BCUT2D eigenvalue weighted by atomic mass is 9.93. The third-order valence-corrected chi connectivity index (χ3v) is 9.29. The van der Waals surface area contributed by atoms with E-state index in [4.69, 9.17) is 6.57 Å². The molecule has 0 atom stereocenters. The Hall–Kier alpha value is -6.88. The highest BCUT2D eigenvalue weighted by atomic mass is 15.0. The minimum Gasteiger partial charge on any atom is -0.309 e. The first kappa shape index (κ1) is 27.4. The van der Waals surface area contributed by atoms with Crippen molar-refractivity contribution < 1.29 is 0 Å². The van der Waals surface area contributed by atoms with Crippen LogP contribution in [0.2, 0.25) is 0 Å². The van der Waals surface area contributed by atoms with E-state index in [9.17, 15) is 5.26 Å². The number of para-hydroxylation sites is 4. The van der Waals surface area contributed by atoms with Crippen LogP contribution in [0.5, 0.6) is 0 Å². The molecule has 9 aromatic rings. The van der Waals surface area contributed by atoms with Gasteiger partial charge >= 0.3 is 0 Å². The number of hydrogen-bond acceptors (Lipinski definition) is 1. The van der Waals surface area contributed by atoms with E-state index in [-0.39, 0.29) is 0 Å². The Morgan fingerprint density at radius 2 is 1.06 bits per heavy atom. The number of hydrogen-bond donors (Lipinski definition) is 0. The minimum absolute atomic E-state index is 0.445. The number of benzene rings is 7. The Balaban J connectivity index is 1.38. The molecule has 222 valence electrons. The fourth-order valence-corrected chi connectivity index (χ4v) is 7.23. The molecule has 0 saturated carbocycles.